The van der Waals surface area contributed by atoms with E-state index in [4.69, 9.17) is 32.8 Å². The molecule has 0 radical (unpaired) electrons. The molecule has 2 aliphatic rings. The zero-order chi connectivity index (χ0) is 32.2. The highest BCUT2D eigenvalue weighted by atomic mass is 16.7. The Morgan fingerprint density at radius 2 is 0.911 bits per heavy atom. The van der Waals surface area contributed by atoms with Gasteiger partial charge < -0.3 is 32.8 Å². The molecule has 0 unspecified atom stereocenters. The van der Waals surface area contributed by atoms with E-state index in [0.29, 0.717) is 11.5 Å². The van der Waals surface area contributed by atoms with Crippen molar-refractivity contribution in [3.8, 4) is 17.2 Å². The first-order valence-electron chi connectivity index (χ1n) is 15.5. The van der Waals surface area contributed by atoms with Gasteiger partial charge in [-0.05, 0) is 108 Å². The summed E-state index contributed by atoms with van der Waals surface area (Å²) in [5.41, 5.74) is 1.05. The molecule has 9 heteroatoms. The lowest BCUT2D eigenvalue weighted by Crippen LogP contribution is -2.41. The predicted molar refractivity (Wildman–Crippen MR) is 179 cm³/mol. The fraction of sp³-hybridized carbons (Fsp3) is 0.389. The molecular formula is C36H42B2O7. The van der Waals surface area contributed by atoms with E-state index in [1.165, 1.54) is 0 Å². The molecule has 0 bridgehead atoms. The van der Waals surface area contributed by atoms with Gasteiger partial charge in [-0.3, -0.25) is 0 Å². The maximum absolute atomic E-state index is 6.58. The minimum atomic E-state index is -0.758. The van der Waals surface area contributed by atoms with Crippen LogP contribution in [0.5, 0.6) is 17.2 Å². The van der Waals surface area contributed by atoms with Crippen molar-refractivity contribution in [2.45, 2.75) is 84.1 Å². The molecule has 45 heavy (non-hydrogen) atoms. The SMILES string of the molecule is COc1ccc(C(Oc2ccc(B3OC(C)(C)C(C)(C)O3)cc2)Oc2ccc(B3OC(C)(C)C(C)(C)O3)cc2)c2ccccc12. The monoisotopic (exact) mass is 608 g/mol. The van der Waals surface area contributed by atoms with Gasteiger partial charge in [0.15, 0.2) is 0 Å². The van der Waals surface area contributed by atoms with Crippen molar-refractivity contribution in [2.75, 3.05) is 7.11 Å². The fourth-order valence-corrected chi connectivity index (χ4v) is 5.44. The van der Waals surface area contributed by atoms with Crippen molar-refractivity contribution in [1.29, 1.82) is 0 Å². The van der Waals surface area contributed by atoms with Crippen molar-refractivity contribution in [2.24, 2.45) is 0 Å². The van der Waals surface area contributed by atoms with E-state index in [1.807, 2.05) is 134 Å². The van der Waals surface area contributed by atoms with Gasteiger partial charge >= 0.3 is 14.2 Å². The van der Waals surface area contributed by atoms with Gasteiger partial charge in [0.05, 0.1) is 29.5 Å². The summed E-state index contributed by atoms with van der Waals surface area (Å²) in [6, 6.07) is 27.6. The Hall–Kier alpha value is -3.49. The van der Waals surface area contributed by atoms with Gasteiger partial charge in [0, 0.05) is 10.9 Å². The second-order valence-electron chi connectivity index (χ2n) is 13.8. The third-order valence-corrected chi connectivity index (χ3v) is 9.69. The fourth-order valence-electron chi connectivity index (χ4n) is 5.44. The average molecular weight is 608 g/mol. The Kier molecular flexibility index (Phi) is 7.97. The average Bonchev–Trinajstić information content (AvgIpc) is 3.36. The molecule has 7 nitrogen and oxygen atoms in total. The van der Waals surface area contributed by atoms with E-state index < -0.39 is 42.9 Å². The zero-order valence-electron chi connectivity index (χ0n) is 27.7. The van der Waals surface area contributed by atoms with Crippen LogP contribution in [0.15, 0.2) is 84.9 Å². The lowest BCUT2D eigenvalue weighted by atomic mass is 9.79. The molecule has 6 rings (SSSR count). The molecule has 0 N–H and O–H groups in total. The van der Waals surface area contributed by atoms with Crippen LogP contribution in [0.2, 0.25) is 0 Å². The maximum atomic E-state index is 6.58. The second-order valence-corrected chi connectivity index (χ2v) is 13.8. The van der Waals surface area contributed by atoms with Crippen LogP contribution >= 0.6 is 0 Å². The second kappa shape index (κ2) is 11.4. The lowest BCUT2D eigenvalue weighted by molar-refractivity contribution is 0.00503. The summed E-state index contributed by atoms with van der Waals surface area (Å²) in [5, 5.41) is 1.95. The molecule has 0 aliphatic carbocycles. The van der Waals surface area contributed by atoms with Gasteiger partial charge in [-0.25, -0.2) is 0 Å². The van der Waals surface area contributed by atoms with E-state index >= 15 is 0 Å². The first-order chi connectivity index (χ1) is 21.2. The first kappa shape index (κ1) is 31.5. The van der Waals surface area contributed by atoms with Crippen LogP contribution in [0.4, 0.5) is 0 Å². The highest BCUT2D eigenvalue weighted by molar-refractivity contribution is 6.62. The summed E-state index contributed by atoms with van der Waals surface area (Å²) in [4.78, 5) is 0. The van der Waals surface area contributed by atoms with Crippen molar-refractivity contribution in [1.82, 2.24) is 0 Å². The molecule has 4 aromatic carbocycles. The minimum Gasteiger partial charge on any atom is -0.496 e. The van der Waals surface area contributed by atoms with Gasteiger partial charge in [-0.2, -0.15) is 0 Å². The number of ether oxygens (including phenoxy) is 3. The summed E-state index contributed by atoms with van der Waals surface area (Å²) in [5.74, 6) is 2.08. The van der Waals surface area contributed by atoms with Crippen LogP contribution in [0.3, 0.4) is 0 Å². The van der Waals surface area contributed by atoms with Gasteiger partial charge in [-0.1, -0.05) is 48.5 Å². The van der Waals surface area contributed by atoms with Crippen molar-refractivity contribution >= 4 is 35.9 Å². The third kappa shape index (κ3) is 5.95. The van der Waals surface area contributed by atoms with E-state index in [2.05, 4.69) is 6.07 Å². The number of fused-ring (bicyclic) bond motifs is 1. The summed E-state index contributed by atoms with van der Waals surface area (Å²) in [6.07, 6.45) is -0.758. The molecule has 0 saturated carbocycles. The lowest BCUT2D eigenvalue weighted by Gasteiger charge is -2.32. The quantitative estimate of drug-likeness (QED) is 0.165. The summed E-state index contributed by atoms with van der Waals surface area (Å²) < 4.78 is 43.8. The van der Waals surface area contributed by atoms with Crippen LogP contribution in [0, 0.1) is 0 Å². The molecule has 0 aromatic heterocycles. The van der Waals surface area contributed by atoms with Crippen molar-refractivity contribution in [3.63, 3.8) is 0 Å². The van der Waals surface area contributed by atoms with Gasteiger partial charge in [0.1, 0.15) is 17.2 Å². The van der Waals surface area contributed by atoms with Crippen molar-refractivity contribution < 1.29 is 32.8 Å². The molecule has 0 atom stereocenters. The molecule has 0 spiro atoms. The number of benzene rings is 4. The summed E-state index contributed by atoms with van der Waals surface area (Å²) >= 11 is 0. The topological polar surface area (TPSA) is 64.6 Å². The number of methoxy groups -OCH3 is 1. The molecule has 0 amide bonds. The molecular weight excluding hydrogens is 566 g/mol. The van der Waals surface area contributed by atoms with E-state index in [0.717, 1.165) is 33.0 Å². The predicted octanol–water partition coefficient (Wildman–Crippen LogP) is 6.60. The van der Waals surface area contributed by atoms with Crippen LogP contribution in [0.1, 0.15) is 67.2 Å². The Labute approximate surface area is 267 Å². The van der Waals surface area contributed by atoms with Gasteiger partial charge in [-0.15, -0.1) is 0 Å². The molecule has 234 valence electrons. The van der Waals surface area contributed by atoms with Crippen LogP contribution in [-0.2, 0) is 18.6 Å². The Bertz CT molecular complexity index is 1550. The molecule has 4 aromatic rings. The Morgan fingerprint density at radius 3 is 1.31 bits per heavy atom. The zero-order valence-corrected chi connectivity index (χ0v) is 27.7. The highest BCUT2D eigenvalue weighted by Gasteiger charge is 2.52. The van der Waals surface area contributed by atoms with Gasteiger partial charge in [0.2, 0.25) is 0 Å². The van der Waals surface area contributed by atoms with E-state index in [9.17, 15) is 0 Å². The van der Waals surface area contributed by atoms with Crippen LogP contribution in [0.25, 0.3) is 10.8 Å². The molecule has 2 fully saturated rings. The summed E-state index contributed by atoms with van der Waals surface area (Å²) in [6.45, 7) is 16.4. The van der Waals surface area contributed by atoms with Crippen LogP contribution in [-0.4, -0.2) is 43.8 Å². The Balaban J connectivity index is 1.28. The molecule has 2 heterocycles. The normalized spacial score (nSPS) is 19.7. The minimum absolute atomic E-state index is 0.417. The highest BCUT2D eigenvalue weighted by Crippen LogP contribution is 2.39. The van der Waals surface area contributed by atoms with Gasteiger partial charge in [0.25, 0.3) is 6.29 Å². The Morgan fingerprint density at radius 1 is 0.511 bits per heavy atom. The first-order valence-corrected chi connectivity index (χ1v) is 15.5. The van der Waals surface area contributed by atoms with Crippen LogP contribution < -0.4 is 25.1 Å². The van der Waals surface area contributed by atoms with E-state index in [-0.39, 0.29) is 0 Å². The molecule has 2 saturated heterocycles. The maximum Gasteiger partial charge on any atom is 0.494 e. The number of hydrogen-bond acceptors (Lipinski definition) is 7. The van der Waals surface area contributed by atoms with E-state index in [1.54, 1.807) is 7.11 Å². The smallest absolute Gasteiger partial charge is 0.494 e. The number of rotatable bonds is 8. The summed E-state index contributed by atoms with van der Waals surface area (Å²) in [7, 11) is 0.767. The molecule has 2 aliphatic heterocycles. The largest absolute Gasteiger partial charge is 0.496 e. The standard InChI is InChI=1S/C36H42B2O7/c1-33(2)34(3,4)43-37(42-33)24-14-18-26(19-15-24)40-32(30-22-23-31(39-9)29-13-11-10-12-28(29)30)41-27-20-16-25(17-21-27)38-44-35(5,6)36(7,8)45-38/h10-23,32H,1-9H3. The third-order valence-electron chi connectivity index (χ3n) is 9.69. The number of hydrogen-bond donors (Lipinski definition) is 0. The van der Waals surface area contributed by atoms with Crippen molar-refractivity contribution in [3.05, 3.63) is 90.5 Å².